The van der Waals surface area contributed by atoms with Gasteiger partial charge in [-0.2, -0.15) is 0 Å². The number of pyridine rings is 2. The first-order chi connectivity index (χ1) is 12.5. The summed E-state index contributed by atoms with van der Waals surface area (Å²) in [5.74, 6) is -0.210. The predicted octanol–water partition coefficient (Wildman–Crippen LogP) is 3.38. The van der Waals surface area contributed by atoms with Crippen molar-refractivity contribution in [2.24, 2.45) is 0 Å². The molecule has 9 heteroatoms. The topological polar surface area (TPSA) is 102 Å². The average molecular weight is 354 g/mol. The van der Waals surface area contributed by atoms with E-state index < -0.39 is 11.9 Å². The van der Waals surface area contributed by atoms with Crippen molar-refractivity contribution in [2.75, 3.05) is 10.6 Å². The summed E-state index contributed by atoms with van der Waals surface area (Å²) < 4.78 is 18.5. The lowest BCUT2D eigenvalue weighted by Crippen LogP contribution is -2.19. The fourth-order valence-corrected chi connectivity index (χ4v) is 2.06. The van der Waals surface area contributed by atoms with Crippen LogP contribution in [0.3, 0.4) is 0 Å². The summed E-state index contributed by atoms with van der Waals surface area (Å²) in [6.45, 7) is 3.27. The molecule has 0 aliphatic carbocycles. The van der Waals surface area contributed by atoms with Crippen molar-refractivity contribution >= 4 is 23.3 Å². The van der Waals surface area contributed by atoms with Crippen LogP contribution in [0.4, 0.5) is 26.4 Å². The second kappa shape index (κ2) is 7.51. The second-order valence-corrected chi connectivity index (χ2v) is 5.34. The predicted molar refractivity (Wildman–Crippen MR) is 92.9 cm³/mol. The number of aromatic nitrogens is 4. The molecule has 0 saturated carbocycles. The van der Waals surface area contributed by atoms with Gasteiger partial charge in [0.05, 0.1) is 23.8 Å². The number of carbonyl (C=O) groups excluding carboxylic acids is 1. The average Bonchev–Trinajstić information content (AvgIpc) is 2.61. The van der Waals surface area contributed by atoms with Gasteiger partial charge in [0.25, 0.3) is 0 Å². The molecular weight excluding hydrogens is 339 g/mol. The number of ether oxygens (including phenoxy) is 1. The van der Waals surface area contributed by atoms with Gasteiger partial charge in [-0.05, 0) is 38.1 Å². The van der Waals surface area contributed by atoms with Crippen molar-refractivity contribution in [3.05, 3.63) is 60.2 Å². The van der Waals surface area contributed by atoms with Gasteiger partial charge in [0, 0.05) is 5.69 Å². The molecular formula is C17H15FN6O2. The summed E-state index contributed by atoms with van der Waals surface area (Å²) >= 11 is 0. The fourth-order valence-electron chi connectivity index (χ4n) is 2.06. The highest BCUT2D eigenvalue weighted by Gasteiger charge is 2.13. The zero-order valence-electron chi connectivity index (χ0n) is 14.0. The van der Waals surface area contributed by atoms with E-state index in [0.717, 1.165) is 0 Å². The van der Waals surface area contributed by atoms with E-state index in [1.165, 1.54) is 25.4 Å². The van der Waals surface area contributed by atoms with Crippen LogP contribution in [0.5, 0.6) is 5.88 Å². The van der Waals surface area contributed by atoms with Gasteiger partial charge in [-0.3, -0.25) is 5.32 Å². The van der Waals surface area contributed by atoms with Gasteiger partial charge in [-0.25, -0.2) is 29.1 Å². The molecule has 0 saturated heterocycles. The molecule has 0 radical (unpaired) electrons. The minimum Gasteiger partial charge on any atom is -0.389 e. The summed E-state index contributed by atoms with van der Waals surface area (Å²) in [4.78, 5) is 28.1. The third-order valence-corrected chi connectivity index (χ3v) is 3.28. The van der Waals surface area contributed by atoms with Crippen molar-refractivity contribution in [1.82, 2.24) is 19.9 Å². The molecule has 0 aliphatic rings. The van der Waals surface area contributed by atoms with E-state index in [-0.39, 0.29) is 17.4 Å². The maximum Gasteiger partial charge on any atom is 0.419 e. The molecule has 1 amide bonds. The van der Waals surface area contributed by atoms with Crippen LogP contribution in [0.2, 0.25) is 0 Å². The highest BCUT2D eigenvalue weighted by molar-refractivity contribution is 5.86. The molecule has 132 valence electrons. The Kier molecular flexibility index (Phi) is 4.97. The van der Waals surface area contributed by atoms with Crippen LogP contribution in [-0.4, -0.2) is 26.0 Å². The molecule has 3 aromatic rings. The fraction of sp³-hybridized carbons (Fsp3) is 0.118. The molecule has 0 unspecified atom stereocenters. The number of rotatable bonds is 4. The van der Waals surface area contributed by atoms with Crippen molar-refractivity contribution in [1.29, 1.82) is 0 Å². The second-order valence-electron chi connectivity index (χ2n) is 5.34. The zero-order valence-corrected chi connectivity index (χ0v) is 14.0. The molecule has 0 bridgehead atoms. The summed E-state index contributed by atoms with van der Waals surface area (Å²) in [5.41, 5.74) is 1.91. The van der Waals surface area contributed by atoms with Gasteiger partial charge in [0.2, 0.25) is 5.88 Å². The number of halogens is 1. The maximum atomic E-state index is 13.3. The molecule has 8 nitrogen and oxygen atoms in total. The smallest absolute Gasteiger partial charge is 0.389 e. The number of aryl methyl sites for hydroxylation is 2. The Morgan fingerprint density at radius 3 is 2.58 bits per heavy atom. The molecule has 0 atom stereocenters. The summed E-state index contributed by atoms with van der Waals surface area (Å²) in [6, 6.07) is 6.04. The van der Waals surface area contributed by atoms with E-state index in [2.05, 4.69) is 30.6 Å². The number of carbonyl (C=O) groups is 1. The van der Waals surface area contributed by atoms with E-state index in [4.69, 9.17) is 4.74 Å². The van der Waals surface area contributed by atoms with Crippen LogP contribution in [0.25, 0.3) is 0 Å². The maximum absolute atomic E-state index is 13.3. The first-order valence-electron chi connectivity index (χ1n) is 7.63. The SMILES string of the molecule is Cc1ccc(Nc2cncnc2)c(OC(=O)Nc2ccc(F)c(C)n2)n1. The molecule has 0 spiro atoms. The standard InChI is InChI=1S/C17H15FN6O2/c1-10-3-5-14(23-12-7-19-9-20-8-12)16(21-10)26-17(25)24-15-6-4-13(18)11(2)22-15/h3-9,23H,1-2H3,(H,22,24,25). The van der Waals surface area contributed by atoms with Crippen molar-refractivity contribution < 1.29 is 13.9 Å². The van der Waals surface area contributed by atoms with Gasteiger partial charge < -0.3 is 10.1 Å². The summed E-state index contributed by atoms with van der Waals surface area (Å²) in [6.07, 6.45) is 3.75. The lowest BCUT2D eigenvalue weighted by atomic mass is 10.3. The first-order valence-corrected chi connectivity index (χ1v) is 7.63. The van der Waals surface area contributed by atoms with E-state index in [0.29, 0.717) is 17.1 Å². The summed E-state index contributed by atoms with van der Waals surface area (Å²) in [7, 11) is 0. The Hall–Kier alpha value is -3.62. The molecule has 0 fully saturated rings. The molecule has 3 rings (SSSR count). The molecule has 2 N–H and O–H groups in total. The Bertz CT molecular complexity index is 936. The summed E-state index contributed by atoms with van der Waals surface area (Å²) in [5, 5.41) is 5.47. The van der Waals surface area contributed by atoms with Crippen LogP contribution in [0.1, 0.15) is 11.4 Å². The largest absolute Gasteiger partial charge is 0.419 e. The Labute approximate surface area is 148 Å². The molecule has 0 aliphatic heterocycles. The third kappa shape index (κ3) is 4.26. The van der Waals surface area contributed by atoms with Gasteiger partial charge in [0.15, 0.2) is 0 Å². The van der Waals surface area contributed by atoms with Crippen LogP contribution in [-0.2, 0) is 0 Å². The zero-order chi connectivity index (χ0) is 18.5. The van der Waals surface area contributed by atoms with Gasteiger partial charge in [-0.1, -0.05) is 0 Å². The van der Waals surface area contributed by atoms with E-state index in [1.54, 1.807) is 31.5 Å². The first kappa shape index (κ1) is 17.2. The van der Waals surface area contributed by atoms with Gasteiger partial charge in [0.1, 0.15) is 23.6 Å². The number of anilines is 3. The Morgan fingerprint density at radius 2 is 1.85 bits per heavy atom. The van der Waals surface area contributed by atoms with E-state index >= 15 is 0 Å². The van der Waals surface area contributed by atoms with Crippen LogP contribution < -0.4 is 15.4 Å². The van der Waals surface area contributed by atoms with Crippen LogP contribution in [0.15, 0.2) is 43.0 Å². The number of nitrogens with zero attached hydrogens (tertiary/aromatic N) is 4. The lowest BCUT2D eigenvalue weighted by Gasteiger charge is -2.12. The minimum absolute atomic E-state index is 0.0742. The van der Waals surface area contributed by atoms with E-state index in [9.17, 15) is 9.18 Å². The van der Waals surface area contributed by atoms with Gasteiger partial charge in [-0.15, -0.1) is 0 Å². The minimum atomic E-state index is -0.797. The van der Waals surface area contributed by atoms with Crippen molar-refractivity contribution in [3.8, 4) is 5.88 Å². The van der Waals surface area contributed by atoms with Crippen LogP contribution >= 0.6 is 0 Å². The number of hydrogen-bond donors (Lipinski definition) is 2. The van der Waals surface area contributed by atoms with Crippen LogP contribution in [0, 0.1) is 19.7 Å². The lowest BCUT2D eigenvalue weighted by molar-refractivity contribution is 0.213. The quantitative estimate of drug-likeness (QED) is 0.740. The monoisotopic (exact) mass is 354 g/mol. The van der Waals surface area contributed by atoms with Crippen molar-refractivity contribution in [3.63, 3.8) is 0 Å². The van der Waals surface area contributed by atoms with Crippen molar-refractivity contribution in [2.45, 2.75) is 13.8 Å². The van der Waals surface area contributed by atoms with E-state index in [1.807, 2.05) is 0 Å². The van der Waals surface area contributed by atoms with Gasteiger partial charge >= 0.3 is 6.09 Å². The Balaban J connectivity index is 1.76. The number of amides is 1. The highest BCUT2D eigenvalue weighted by Crippen LogP contribution is 2.26. The highest BCUT2D eigenvalue weighted by atomic mass is 19.1. The Morgan fingerprint density at radius 1 is 1.08 bits per heavy atom. The third-order valence-electron chi connectivity index (χ3n) is 3.28. The molecule has 3 aromatic heterocycles. The normalized spacial score (nSPS) is 10.3. The number of hydrogen-bond acceptors (Lipinski definition) is 7. The molecule has 26 heavy (non-hydrogen) atoms. The number of nitrogens with one attached hydrogen (secondary N) is 2. The molecule has 3 heterocycles. The molecule has 0 aromatic carbocycles.